The van der Waals surface area contributed by atoms with E-state index in [1.807, 2.05) is 19.1 Å². The molecule has 0 fully saturated rings. The van der Waals surface area contributed by atoms with E-state index in [9.17, 15) is 14.4 Å². The number of nitrogens with two attached hydrogens (primary N) is 1. The lowest BCUT2D eigenvalue weighted by Crippen LogP contribution is -2.29. The molecule has 1 rings (SSSR count). The van der Waals surface area contributed by atoms with E-state index in [-0.39, 0.29) is 13.2 Å². The Morgan fingerprint density at radius 2 is 1.89 bits per heavy atom. The van der Waals surface area contributed by atoms with Crippen molar-refractivity contribution in [1.29, 1.82) is 0 Å². The fourth-order valence-electron chi connectivity index (χ4n) is 1.86. The van der Waals surface area contributed by atoms with Crippen molar-refractivity contribution >= 4 is 35.2 Å². The van der Waals surface area contributed by atoms with Crippen LogP contribution >= 0.6 is 11.6 Å². The molecule has 2 atom stereocenters. The predicted molar refractivity (Wildman–Crippen MR) is 103 cm³/mol. The van der Waals surface area contributed by atoms with E-state index in [1.165, 1.54) is 6.92 Å². The summed E-state index contributed by atoms with van der Waals surface area (Å²) in [6, 6.07) is 4.90. The highest BCUT2D eigenvalue weighted by molar-refractivity contribution is 6.33. The number of esters is 2. The number of anilines is 1. The number of halogens is 1. The topological polar surface area (TPSA) is 128 Å². The van der Waals surface area contributed by atoms with Gasteiger partial charge in [-0.1, -0.05) is 30.7 Å². The highest BCUT2D eigenvalue weighted by Gasteiger charge is 2.17. The van der Waals surface area contributed by atoms with Gasteiger partial charge < -0.3 is 25.6 Å². The molecule has 1 aromatic carbocycles. The number of para-hydroxylation sites is 1. The molecular formula is C18H27ClN2O6. The van der Waals surface area contributed by atoms with Gasteiger partial charge in [0.25, 0.3) is 0 Å². The van der Waals surface area contributed by atoms with Crippen LogP contribution in [0.15, 0.2) is 18.2 Å². The zero-order valence-electron chi connectivity index (χ0n) is 16.0. The van der Waals surface area contributed by atoms with Crippen LogP contribution in [0.5, 0.6) is 0 Å². The summed E-state index contributed by atoms with van der Waals surface area (Å²) in [6.07, 6.45) is -0.0594. The first kappa shape index (κ1) is 24.7. The van der Waals surface area contributed by atoms with Crippen molar-refractivity contribution in [3.8, 4) is 0 Å². The molecule has 0 amide bonds. The SMILES string of the molecule is CCOC(=O)C(C)OC(=O)CN.CCc1cccc(Cl)c1N[C@@H](C)C(=O)O. The monoisotopic (exact) mass is 402 g/mol. The number of carbonyl (C=O) groups is 3. The summed E-state index contributed by atoms with van der Waals surface area (Å²) in [5.41, 5.74) is 6.71. The Balaban J connectivity index is 0.000000516. The molecular weight excluding hydrogens is 376 g/mol. The fraction of sp³-hybridized carbons (Fsp3) is 0.500. The van der Waals surface area contributed by atoms with E-state index in [2.05, 4.69) is 14.8 Å². The minimum atomic E-state index is -0.892. The lowest BCUT2D eigenvalue weighted by molar-refractivity contribution is -0.165. The van der Waals surface area contributed by atoms with Crippen LogP contribution in [-0.2, 0) is 30.3 Å². The zero-order valence-corrected chi connectivity index (χ0v) is 16.7. The van der Waals surface area contributed by atoms with Crippen LogP contribution in [0.1, 0.15) is 33.3 Å². The molecule has 0 aliphatic carbocycles. The highest BCUT2D eigenvalue weighted by atomic mass is 35.5. The van der Waals surface area contributed by atoms with Gasteiger partial charge in [-0.05, 0) is 38.8 Å². The van der Waals surface area contributed by atoms with Crippen LogP contribution in [0.2, 0.25) is 5.02 Å². The van der Waals surface area contributed by atoms with Crippen molar-refractivity contribution < 1.29 is 29.0 Å². The molecule has 9 heteroatoms. The van der Waals surface area contributed by atoms with Crippen molar-refractivity contribution in [2.24, 2.45) is 5.73 Å². The highest BCUT2D eigenvalue weighted by Crippen LogP contribution is 2.26. The number of nitrogens with one attached hydrogen (secondary N) is 1. The van der Waals surface area contributed by atoms with Gasteiger partial charge in [-0.2, -0.15) is 0 Å². The standard InChI is InChI=1S/C11H14ClNO2.C7H13NO4/c1-3-8-5-4-6-9(12)10(8)13-7(2)11(14)15;1-3-11-7(10)5(2)12-6(9)4-8/h4-7,13H,3H2,1-2H3,(H,14,15);5H,3-4,8H2,1-2H3/t7-;/m0./s1. The molecule has 1 unspecified atom stereocenters. The van der Waals surface area contributed by atoms with Crippen LogP contribution in [-0.4, -0.2) is 48.3 Å². The number of carboxylic acid groups (broad SMARTS) is 1. The Kier molecular flexibility index (Phi) is 11.8. The molecule has 0 aliphatic heterocycles. The lowest BCUT2D eigenvalue weighted by atomic mass is 10.1. The maximum absolute atomic E-state index is 10.9. The number of carbonyl (C=O) groups excluding carboxylic acids is 2. The summed E-state index contributed by atoms with van der Waals surface area (Å²) in [6.45, 7) is 6.74. The largest absolute Gasteiger partial charge is 0.480 e. The minimum Gasteiger partial charge on any atom is -0.480 e. The summed E-state index contributed by atoms with van der Waals surface area (Å²) in [7, 11) is 0. The number of hydrogen-bond acceptors (Lipinski definition) is 7. The van der Waals surface area contributed by atoms with Crippen molar-refractivity contribution in [3.05, 3.63) is 28.8 Å². The number of rotatable bonds is 8. The summed E-state index contributed by atoms with van der Waals surface area (Å²) in [4.78, 5) is 32.1. The molecule has 0 spiro atoms. The molecule has 27 heavy (non-hydrogen) atoms. The molecule has 4 N–H and O–H groups in total. The van der Waals surface area contributed by atoms with Crippen molar-refractivity contribution in [1.82, 2.24) is 0 Å². The quantitative estimate of drug-likeness (QED) is 0.564. The van der Waals surface area contributed by atoms with Gasteiger partial charge in [-0.25, -0.2) is 4.79 Å². The summed E-state index contributed by atoms with van der Waals surface area (Å²) in [5, 5.41) is 12.2. The first-order valence-corrected chi connectivity index (χ1v) is 8.88. The Hall–Kier alpha value is -2.32. The van der Waals surface area contributed by atoms with Gasteiger partial charge in [-0.3, -0.25) is 9.59 Å². The Morgan fingerprint density at radius 1 is 1.26 bits per heavy atom. The van der Waals surface area contributed by atoms with Crippen molar-refractivity contribution in [2.75, 3.05) is 18.5 Å². The van der Waals surface area contributed by atoms with Gasteiger partial charge in [0.05, 0.1) is 23.9 Å². The summed E-state index contributed by atoms with van der Waals surface area (Å²) >= 11 is 6.00. The van der Waals surface area contributed by atoms with Crippen LogP contribution in [0.25, 0.3) is 0 Å². The molecule has 0 bridgehead atoms. The average molecular weight is 403 g/mol. The molecule has 0 aliphatic rings. The van der Waals surface area contributed by atoms with E-state index >= 15 is 0 Å². The second kappa shape index (κ2) is 12.9. The normalized spacial score (nSPS) is 12.1. The first-order valence-electron chi connectivity index (χ1n) is 8.50. The third-order valence-electron chi connectivity index (χ3n) is 3.31. The molecule has 8 nitrogen and oxygen atoms in total. The number of aryl methyl sites for hydroxylation is 1. The fourth-order valence-corrected chi connectivity index (χ4v) is 2.10. The van der Waals surface area contributed by atoms with Gasteiger partial charge in [0, 0.05) is 0 Å². The Bertz CT molecular complexity index is 638. The van der Waals surface area contributed by atoms with Crippen LogP contribution < -0.4 is 11.1 Å². The van der Waals surface area contributed by atoms with Gasteiger partial charge in [0.15, 0.2) is 6.10 Å². The van der Waals surface area contributed by atoms with Crippen molar-refractivity contribution in [2.45, 2.75) is 46.3 Å². The molecule has 0 saturated heterocycles. The van der Waals surface area contributed by atoms with Gasteiger partial charge >= 0.3 is 17.9 Å². The van der Waals surface area contributed by atoms with E-state index in [1.54, 1.807) is 19.9 Å². The van der Waals surface area contributed by atoms with E-state index < -0.39 is 30.1 Å². The summed E-state index contributed by atoms with van der Waals surface area (Å²) < 4.78 is 9.17. The number of ether oxygens (including phenoxy) is 2. The van der Waals surface area contributed by atoms with E-state index in [4.69, 9.17) is 22.4 Å². The minimum absolute atomic E-state index is 0.232. The van der Waals surface area contributed by atoms with Gasteiger partial charge in [-0.15, -0.1) is 0 Å². The Morgan fingerprint density at radius 3 is 2.37 bits per heavy atom. The number of aliphatic carboxylic acids is 1. The smallest absolute Gasteiger partial charge is 0.347 e. The molecule has 1 aromatic rings. The third kappa shape index (κ3) is 9.25. The number of hydrogen-bond donors (Lipinski definition) is 3. The molecule has 0 heterocycles. The third-order valence-corrected chi connectivity index (χ3v) is 3.62. The molecule has 152 valence electrons. The predicted octanol–water partition coefficient (Wildman–Crippen LogP) is 2.23. The molecule has 0 aromatic heterocycles. The summed E-state index contributed by atoms with van der Waals surface area (Å²) in [5.74, 6) is -2.06. The lowest BCUT2D eigenvalue weighted by Gasteiger charge is -2.15. The van der Waals surface area contributed by atoms with E-state index in [0.717, 1.165) is 17.7 Å². The molecule has 0 radical (unpaired) electrons. The van der Waals surface area contributed by atoms with Crippen LogP contribution in [0.4, 0.5) is 5.69 Å². The maximum atomic E-state index is 10.9. The first-order chi connectivity index (χ1) is 12.7. The second-order valence-electron chi connectivity index (χ2n) is 5.42. The molecule has 0 saturated carbocycles. The number of benzene rings is 1. The average Bonchev–Trinajstić information content (AvgIpc) is 2.63. The number of carboxylic acids is 1. The van der Waals surface area contributed by atoms with Gasteiger partial charge in [0.1, 0.15) is 6.04 Å². The second-order valence-corrected chi connectivity index (χ2v) is 5.83. The zero-order chi connectivity index (χ0) is 21.0. The van der Waals surface area contributed by atoms with Crippen LogP contribution in [0.3, 0.4) is 0 Å². The van der Waals surface area contributed by atoms with Gasteiger partial charge in [0.2, 0.25) is 0 Å². The van der Waals surface area contributed by atoms with Crippen molar-refractivity contribution in [3.63, 3.8) is 0 Å². The van der Waals surface area contributed by atoms with E-state index in [0.29, 0.717) is 5.02 Å². The van der Waals surface area contributed by atoms with Crippen LogP contribution in [0, 0.1) is 0 Å². The maximum Gasteiger partial charge on any atom is 0.347 e. The Labute approximate surface area is 164 Å².